The number of fused-ring (bicyclic) bond motifs is 1. The highest BCUT2D eigenvalue weighted by atomic mass is 16.5. The normalized spacial score (nSPS) is 22.8. The Kier molecular flexibility index (Phi) is 6.06. The van der Waals surface area contributed by atoms with Crippen LogP contribution in [0.2, 0.25) is 0 Å². The Balaban J connectivity index is 1.41. The number of amides is 2. The number of hydrogen-bond acceptors (Lipinski definition) is 6. The summed E-state index contributed by atoms with van der Waals surface area (Å²) in [6, 6.07) is -0.255. The van der Waals surface area contributed by atoms with Gasteiger partial charge in [0.05, 0.1) is 12.5 Å². The van der Waals surface area contributed by atoms with Gasteiger partial charge in [-0.05, 0) is 39.0 Å². The van der Waals surface area contributed by atoms with Crippen molar-refractivity contribution in [2.45, 2.75) is 64.3 Å². The van der Waals surface area contributed by atoms with Crippen LogP contribution in [0.15, 0.2) is 0 Å². The smallest absolute Gasteiger partial charge is 0.309 e. The fourth-order valence-corrected chi connectivity index (χ4v) is 5.01. The van der Waals surface area contributed by atoms with Crippen LogP contribution in [0.1, 0.15) is 69.6 Å². The Morgan fingerprint density at radius 2 is 1.63 bits per heavy atom. The molecule has 3 aliphatic heterocycles. The fraction of sp³-hybridized carbons (Fsp3) is 0.762. The molecule has 1 atom stereocenters. The van der Waals surface area contributed by atoms with E-state index >= 15 is 0 Å². The molecule has 0 radical (unpaired) electrons. The van der Waals surface area contributed by atoms with Crippen LogP contribution in [0.5, 0.6) is 0 Å². The van der Waals surface area contributed by atoms with E-state index in [0.717, 1.165) is 50.4 Å². The molecule has 3 aliphatic rings. The Morgan fingerprint density at radius 3 is 2.27 bits per heavy atom. The maximum Gasteiger partial charge on any atom is 0.309 e. The minimum atomic E-state index is -0.255. The molecule has 9 nitrogen and oxygen atoms in total. The highest BCUT2D eigenvalue weighted by Crippen LogP contribution is 2.35. The van der Waals surface area contributed by atoms with Gasteiger partial charge in [-0.15, -0.1) is 10.2 Å². The lowest BCUT2D eigenvalue weighted by molar-refractivity contribution is -0.151. The van der Waals surface area contributed by atoms with Crippen molar-refractivity contribution in [3.8, 4) is 0 Å². The summed E-state index contributed by atoms with van der Waals surface area (Å²) >= 11 is 0. The molecule has 1 aromatic rings. The highest BCUT2D eigenvalue weighted by Gasteiger charge is 2.39. The van der Waals surface area contributed by atoms with Crippen LogP contribution in [0.3, 0.4) is 0 Å². The topological polar surface area (TPSA) is 97.6 Å². The molecule has 0 spiro atoms. The van der Waals surface area contributed by atoms with Gasteiger partial charge in [-0.3, -0.25) is 14.4 Å². The standard InChI is InChI=1S/C21H31N5O4/c1-3-30-21(29)16-8-12-25(13-9-16)20(28)17-4-5-18-22-23-19(26(17)18)15-6-10-24(11-7-15)14(2)27/h15-17H,3-13H2,1-2H3. The summed E-state index contributed by atoms with van der Waals surface area (Å²) in [6.07, 6.45) is 4.52. The van der Waals surface area contributed by atoms with Crippen molar-refractivity contribution in [1.29, 1.82) is 0 Å². The lowest BCUT2D eigenvalue weighted by Crippen LogP contribution is -2.44. The summed E-state index contributed by atoms with van der Waals surface area (Å²) in [7, 11) is 0. The van der Waals surface area contributed by atoms with Crippen LogP contribution < -0.4 is 0 Å². The van der Waals surface area contributed by atoms with Crippen molar-refractivity contribution >= 4 is 17.8 Å². The maximum atomic E-state index is 13.3. The molecule has 2 fully saturated rings. The number of hydrogen-bond donors (Lipinski definition) is 0. The molecule has 4 rings (SSSR count). The molecule has 1 aromatic heterocycles. The first-order chi connectivity index (χ1) is 14.5. The molecule has 0 N–H and O–H groups in total. The number of aryl methyl sites for hydroxylation is 1. The molecule has 1 unspecified atom stereocenters. The van der Waals surface area contributed by atoms with Crippen molar-refractivity contribution in [3.63, 3.8) is 0 Å². The monoisotopic (exact) mass is 417 g/mol. The summed E-state index contributed by atoms with van der Waals surface area (Å²) in [4.78, 5) is 40.7. The third-order valence-corrected chi connectivity index (χ3v) is 6.76. The van der Waals surface area contributed by atoms with Crippen LogP contribution in [0, 0.1) is 5.92 Å². The number of rotatable bonds is 4. The molecular weight excluding hydrogens is 386 g/mol. The zero-order valence-electron chi connectivity index (χ0n) is 17.9. The summed E-state index contributed by atoms with van der Waals surface area (Å²) in [6.45, 7) is 6.43. The third-order valence-electron chi connectivity index (χ3n) is 6.76. The first-order valence-electron chi connectivity index (χ1n) is 11.1. The van der Waals surface area contributed by atoms with Crippen LogP contribution in [0.25, 0.3) is 0 Å². The molecule has 30 heavy (non-hydrogen) atoms. The minimum Gasteiger partial charge on any atom is -0.466 e. The van der Waals surface area contributed by atoms with E-state index in [2.05, 4.69) is 14.8 Å². The number of ether oxygens (including phenoxy) is 1. The van der Waals surface area contributed by atoms with Gasteiger partial charge in [-0.25, -0.2) is 0 Å². The van der Waals surface area contributed by atoms with E-state index < -0.39 is 0 Å². The van der Waals surface area contributed by atoms with Crippen molar-refractivity contribution < 1.29 is 19.1 Å². The number of aromatic nitrogens is 3. The van der Waals surface area contributed by atoms with Gasteiger partial charge >= 0.3 is 5.97 Å². The Labute approximate surface area is 176 Å². The van der Waals surface area contributed by atoms with Gasteiger partial charge in [0.25, 0.3) is 0 Å². The predicted octanol–water partition coefficient (Wildman–Crippen LogP) is 1.29. The molecule has 0 aliphatic carbocycles. The second kappa shape index (κ2) is 8.73. The molecule has 9 heteroatoms. The summed E-state index contributed by atoms with van der Waals surface area (Å²) in [5, 5.41) is 8.80. The van der Waals surface area contributed by atoms with Crippen molar-refractivity contribution in [2.24, 2.45) is 5.92 Å². The molecule has 0 aromatic carbocycles. The largest absolute Gasteiger partial charge is 0.466 e. The van der Waals surface area contributed by atoms with Gasteiger partial charge in [0.2, 0.25) is 11.8 Å². The van der Waals surface area contributed by atoms with Crippen molar-refractivity contribution in [2.75, 3.05) is 32.8 Å². The molecule has 0 saturated carbocycles. The predicted molar refractivity (Wildman–Crippen MR) is 108 cm³/mol. The lowest BCUT2D eigenvalue weighted by Gasteiger charge is -2.34. The molecule has 4 heterocycles. The molecular formula is C21H31N5O4. The first kappa shape index (κ1) is 20.8. The number of nitrogens with zero attached hydrogens (tertiary/aromatic N) is 5. The molecule has 2 saturated heterocycles. The second-order valence-electron chi connectivity index (χ2n) is 8.53. The number of likely N-dealkylation sites (tertiary alicyclic amines) is 2. The van der Waals surface area contributed by atoms with E-state index in [1.807, 2.05) is 16.7 Å². The van der Waals surface area contributed by atoms with Crippen LogP contribution in [0.4, 0.5) is 0 Å². The fourth-order valence-electron chi connectivity index (χ4n) is 5.01. The van der Waals surface area contributed by atoms with E-state index in [0.29, 0.717) is 32.5 Å². The number of carbonyl (C=O) groups excluding carboxylic acids is 3. The average Bonchev–Trinajstić information content (AvgIpc) is 3.36. The Hall–Kier alpha value is -2.45. The van der Waals surface area contributed by atoms with Crippen molar-refractivity contribution in [1.82, 2.24) is 24.6 Å². The van der Waals surface area contributed by atoms with E-state index in [9.17, 15) is 14.4 Å². The Bertz CT molecular complexity index is 806. The van der Waals surface area contributed by atoms with Gasteiger partial charge in [0, 0.05) is 45.4 Å². The number of piperidine rings is 2. The van der Waals surface area contributed by atoms with Gasteiger partial charge < -0.3 is 19.1 Å². The summed E-state index contributed by atoms with van der Waals surface area (Å²) in [5.41, 5.74) is 0. The zero-order valence-corrected chi connectivity index (χ0v) is 17.9. The SMILES string of the molecule is CCOC(=O)C1CCN(C(=O)C2CCc3nnc(C4CCN(C(C)=O)CC4)n32)CC1. The van der Waals surface area contributed by atoms with Crippen LogP contribution in [-0.2, 0) is 25.5 Å². The van der Waals surface area contributed by atoms with Gasteiger partial charge in [0.15, 0.2) is 0 Å². The zero-order chi connectivity index (χ0) is 21.3. The summed E-state index contributed by atoms with van der Waals surface area (Å²) < 4.78 is 7.19. The van der Waals surface area contributed by atoms with E-state index in [4.69, 9.17) is 4.74 Å². The lowest BCUT2D eigenvalue weighted by atomic mass is 9.95. The summed E-state index contributed by atoms with van der Waals surface area (Å²) in [5.74, 6) is 1.97. The second-order valence-corrected chi connectivity index (χ2v) is 8.53. The van der Waals surface area contributed by atoms with E-state index in [-0.39, 0.29) is 35.7 Å². The van der Waals surface area contributed by atoms with Crippen molar-refractivity contribution in [3.05, 3.63) is 11.6 Å². The first-order valence-corrected chi connectivity index (χ1v) is 11.1. The maximum absolute atomic E-state index is 13.3. The Morgan fingerprint density at radius 1 is 0.967 bits per heavy atom. The highest BCUT2D eigenvalue weighted by molar-refractivity contribution is 5.81. The van der Waals surface area contributed by atoms with Crippen LogP contribution in [-0.4, -0.2) is 75.1 Å². The molecule has 2 amide bonds. The van der Waals surface area contributed by atoms with Gasteiger partial charge in [-0.2, -0.15) is 0 Å². The van der Waals surface area contributed by atoms with Gasteiger partial charge in [0.1, 0.15) is 17.7 Å². The molecule has 0 bridgehead atoms. The minimum absolute atomic E-state index is 0.106. The van der Waals surface area contributed by atoms with Gasteiger partial charge in [-0.1, -0.05) is 0 Å². The number of esters is 1. The van der Waals surface area contributed by atoms with E-state index in [1.165, 1.54) is 0 Å². The third kappa shape index (κ3) is 3.94. The quantitative estimate of drug-likeness (QED) is 0.685. The average molecular weight is 418 g/mol. The number of carbonyl (C=O) groups is 3. The molecule has 164 valence electrons. The van der Waals surface area contributed by atoms with E-state index in [1.54, 1.807) is 6.92 Å². The van der Waals surface area contributed by atoms with Crippen LogP contribution >= 0.6 is 0 Å².